The Morgan fingerprint density at radius 3 is 2.29 bits per heavy atom. The number of rotatable bonds is 7. The zero-order valence-electron chi connectivity index (χ0n) is 17.1. The largest absolute Gasteiger partial charge is 0.379 e. The van der Waals surface area contributed by atoms with Gasteiger partial charge < -0.3 is 15.0 Å². The fourth-order valence-corrected chi connectivity index (χ4v) is 3.56. The molecule has 1 aliphatic heterocycles. The van der Waals surface area contributed by atoms with Gasteiger partial charge in [-0.25, -0.2) is 0 Å². The summed E-state index contributed by atoms with van der Waals surface area (Å²) in [6, 6.07) is 16.4. The number of carbonyl (C=O) groups is 1. The third-order valence-corrected chi connectivity index (χ3v) is 5.15. The van der Waals surface area contributed by atoms with E-state index >= 15 is 0 Å². The van der Waals surface area contributed by atoms with E-state index in [0.717, 1.165) is 50.8 Å². The van der Waals surface area contributed by atoms with Crippen LogP contribution in [-0.2, 0) is 11.3 Å². The monoisotopic (exact) mass is 381 g/mol. The molecular formula is C23H31N3O2. The van der Waals surface area contributed by atoms with Crippen LogP contribution in [0.15, 0.2) is 48.5 Å². The topological polar surface area (TPSA) is 44.8 Å². The Bertz CT molecular complexity index is 750. The molecule has 2 aromatic rings. The summed E-state index contributed by atoms with van der Waals surface area (Å²) in [5.74, 6) is -0.0833. The van der Waals surface area contributed by atoms with E-state index < -0.39 is 0 Å². The van der Waals surface area contributed by atoms with Gasteiger partial charge >= 0.3 is 0 Å². The summed E-state index contributed by atoms with van der Waals surface area (Å²) < 4.78 is 5.39. The number of benzene rings is 2. The van der Waals surface area contributed by atoms with E-state index in [4.69, 9.17) is 4.74 Å². The fourth-order valence-electron chi connectivity index (χ4n) is 3.56. The summed E-state index contributed by atoms with van der Waals surface area (Å²) in [4.78, 5) is 17.2. The molecule has 0 spiro atoms. The van der Waals surface area contributed by atoms with Crippen LogP contribution in [0.4, 0.5) is 11.4 Å². The molecule has 1 amide bonds. The van der Waals surface area contributed by atoms with Crippen molar-refractivity contribution >= 4 is 17.3 Å². The van der Waals surface area contributed by atoms with Crippen molar-refractivity contribution in [2.75, 3.05) is 43.1 Å². The van der Waals surface area contributed by atoms with Crippen LogP contribution in [0.3, 0.4) is 0 Å². The van der Waals surface area contributed by atoms with Gasteiger partial charge in [0.1, 0.15) is 0 Å². The minimum atomic E-state index is -0.0833. The summed E-state index contributed by atoms with van der Waals surface area (Å²) >= 11 is 0. The number of carbonyl (C=O) groups excluding carboxylic acids is 1. The highest BCUT2D eigenvalue weighted by molar-refractivity contribution is 6.04. The highest BCUT2D eigenvalue weighted by atomic mass is 16.5. The molecule has 5 nitrogen and oxygen atoms in total. The van der Waals surface area contributed by atoms with Crippen molar-refractivity contribution in [2.45, 2.75) is 33.4 Å². The second kappa shape index (κ2) is 9.71. The molecule has 5 heteroatoms. The number of amides is 1. The van der Waals surface area contributed by atoms with Crippen LogP contribution in [0.5, 0.6) is 0 Å². The third kappa shape index (κ3) is 5.33. The molecule has 0 bridgehead atoms. The van der Waals surface area contributed by atoms with Gasteiger partial charge in [-0.05, 0) is 62.7 Å². The van der Waals surface area contributed by atoms with Crippen molar-refractivity contribution in [3.05, 3.63) is 59.7 Å². The van der Waals surface area contributed by atoms with E-state index in [1.54, 1.807) is 0 Å². The zero-order valence-corrected chi connectivity index (χ0v) is 17.1. The van der Waals surface area contributed by atoms with Crippen molar-refractivity contribution < 1.29 is 9.53 Å². The third-order valence-electron chi connectivity index (χ3n) is 5.15. The molecule has 0 aromatic heterocycles. The maximum Gasteiger partial charge on any atom is 0.255 e. The zero-order chi connectivity index (χ0) is 19.9. The van der Waals surface area contributed by atoms with Crippen LogP contribution >= 0.6 is 0 Å². The summed E-state index contributed by atoms with van der Waals surface area (Å²) in [6.45, 7) is 11.9. The number of hydrogen-bond donors (Lipinski definition) is 1. The molecule has 0 radical (unpaired) electrons. The Morgan fingerprint density at radius 2 is 1.71 bits per heavy atom. The fraction of sp³-hybridized carbons (Fsp3) is 0.435. The smallest absolute Gasteiger partial charge is 0.255 e. The van der Waals surface area contributed by atoms with Crippen LogP contribution in [0.25, 0.3) is 0 Å². The first-order valence-corrected chi connectivity index (χ1v) is 10.1. The summed E-state index contributed by atoms with van der Waals surface area (Å²) in [6.07, 6.45) is 0. The van der Waals surface area contributed by atoms with Crippen LogP contribution in [0.1, 0.15) is 36.7 Å². The van der Waals surface area contributed by atoms with Gasteiger partial charge in [0.25, 0.3) is 5.91 Å². The van der Waals surface area contributed by atoms with Gasteiger partial charge in [0.05, 0.1) is 13.2 Å². The van der Waals surface area contributed by atoms with E-state index in [-0.39, 0.29) is 5.91 Å². The van der Waals surface area contributed by atoms with Gasteiger partial charge in [0, 0.05) is 49.2 Å². The molecule has 0 atom stereocenters. The van der Waals surface area contributed by atoms with Crippen molar-refractivity contribution in [2.24, 2.45) is 0 Å². The first kappa shape index (κ1) is 20.4. The lowest BCUT2D eigenvalue weighted by molar-refractivity contribution is 0.0342. The molecule has 1 aliphatic rings. The molecule has 0 aliphatic carbocycles. The van der Waals surface area contributed by atoms with Crippen LogP contribution in [-0.4, -0.2) is 49.7 Å². The van der Waals surface area contributed by atoms with Crippen molar-refractivity contribution in [3.63, 3.8) is 0 Å². The molecule has 1 fully saturated rings. The maximum atomic E-state index is 12.6. The first-order chi connectivity index (χ1) is 13.6. The summed E-state index contributed by atoms with van der Waals surface area (Å²) in [7, 11) is 0. The second-order valence-electron chi connectivity index (χ2n) is 7.47. The SMILES string of the molecule is CCN(c1ccc(C(=O)Nc2ccc(CN3CCOCC3)cc2)cc1)C(C)C. The van der Waals surface area contributed by atoms with Crippen molar-refractivity contribution in [3.8, 4) is 0 Å². The molecule has 150 valence electrons. The molecule has 2 aromatic carbocycles. The van der Waals surface area contributed by atoms with Gasteiger partial charge in [-0.2, -0.15) is 0 Å². The number of ether oxygens (including phenoxy) is 1. The Balaban J connectivity index is 1.58. The van der Waals surface area contributed by atoms with Gasteiger partial charge in [-0.1, -0.05) is 12.1 Å². The lowest BCUT2D eigenvalue weighted by atomic mass is 10.1. The molecule has 3 rings (SSSR count). The lowest BCUT2D eigenvalue weighted by Gasteiger charge is -2.27. The average Bonchev–Trinajstić information content (AvgIpc) is 2.71. The molecule has 0 unspecified atom stereocenters. The highest BCUT2D eigenvalue weighted by Gasteiger charge is 2.12. The molecule has 0 saturated carbocycles. The van der Waals surface area contributed by atoms with E-state index in [9.17, 15) is 4.79 Å². The van der Waals surface area contributed by atoms with Gasteiger partial charge in [0.2, 0.25) is 0 Å². The number of hydrogen-bond acceptors (Lipinski definition) is 4. The number of anilines is 2. The van der Waals surface area contributed by atoms with Gasteiger partial charge in [-0.15, -0.1) is 0 Å². The van der Waals surface area contributed by atoms with Gasteiger partial charge in [-0.3, -0.25) is 9.69 Å². The number of morpholine rings is 1. The Kier molecular flexibility index (Phi) is 7.06. The second-order valence-corrected chi connectivity index (χ2v) is 7.47. The van der Waals surface area contributed by atoms with Crippen LogP contribution in [0, 0.1) is 0 Å². The quantitative estimate of drug-likeness (QED) is 0.787. The molecule has 1 saturated heterocycles. The minimum absolute atomic E-state index is 0.0833. The molecule has 28 heavy (non-hydrogen) atoms. The standard InChI is InChI=1S/C23H31N3O2/c1-4-26(18(2)3)22-11-7-20(8-12-22)23(27)24-21-9-5-19(6-10-21)17-25-13-15-28-16-14-25/h5-12,18H,4,13-17H2,1-3H3,(H,24,27). The van der Waals surface area contributed by atoms with E-state index in [1.165, 1.54) is 5.56 Å². The molecule has 1 N–H and O–H groups in total. The maximum absolute atomic E-state index is 12.6. The van der Waals surface area contributed by atoms with E-state index in [1.807, 2.05) is 36.4 Å². The minimum Gasteiger partial charge on any atom is -0.379 e. The first-order valence-electron chi connectivity index (χ1n) is 10.1. The Hall–Kier alpha value is -2.37. The van der Waals surface area contributed by atoms with E-state index in [2.05, 4.69) is 48.0 Å². The number of nitrogens with one attached hydrogen (secondary N) is 1. The molecule has 1 heterocycles. The normalized spacial score (nSPS) is 14.9. The summed E-state index contributed by atoms with van der Waals surface area (Å²) in [5, 5.41) is 2.99. The predicted octanol–water partition coefficient (Wildman–Crippen LogP) is 4.01. The number of nitrogens with zero attached hydrogens (tertiary/aromatic N) is 2. The van der Waals surface area contributed by atoms with E-state index in [0.29, 0.717) is 11.6 Å². The van der Waals surface area contributed by atoms with Crippen molar-refractivity contribution in [1.29, 1.82) is 0 Å². The Morgan fingerprint density at radius 1 is 1.07 bits per heavy atom. The van der Waals surface area contributed by atoms with Gasteiger partial charge in [0.15, 0.2) is 0 Å². The summed E-state index contributed by atoms with van der Waals surface area (Å²) in [5.41, 5.74) is 3.87. The van der Waals surface area contributed by atoms with Crippen molar-refractivity contribution in [1.82, 2.24) is 4.90 Å². The average molecular weight is 382 g/mol. The highest BCUT2D eigenvalue weighted by Crippen LogP contribution is 2.19. The lowest BCUT2D eigenvalue weighted by Crippen LogP contribution is -2.35. The Labute approximate surface area is 168 Å². The van der Waals surface area contributed by atoms with Crippen LogP contribution in [0.2, 0.25) is 0 Å². The predicted molar refractivity (Wildman–Crippen MR) is 115 cm³/mol. The van der Waals surface area contributed by atoms with Crippen LogP contribution < -0.4 is 10.2 Å². The molecular weight excluding hydrogens is 350 g/mol.